The lowest BCUT2D eigenvalue weighted by molar-refractivity contribution is -0.114. The summed E-state index contributed by atoms with van der Waals surface area (Å²) in [5, 5.41) is 56.4. The van der Waals surface area contributed by atoms with Crippen LogP contribution in [0.5, 0.6) is 0 Å². The maximum atomic E-state index is 9.31. The summed E-state index contributed by atoms with van der Waals surface area (Å²) in [6.07, 6.45) is -5.94. The predicted octanol–water partition coefficient (Wildman–Crippen LogP) is -4.92. The van der Waals surface area contributed by atoms with Crippen LogP contribution < -0.4 is 5.32 Å². The van der Waals surface area contributed by atoms with Gasteiger partial charge in [0, 0.05) is 13.1 Å². The molecule has 0 aliphatic carbocycles. The van der Waals surface area contributed by atoms with Crippen LogP contribution in [0.1, 0.15) is 0 Å². The lowest BCUT2D eigenvalue weighted by atomic mass is 10.0. The van der Waals surface area contributed by atoms with Gasteiger partial charge in [-0.05, 0) is 0 Å². The average molecular weight is 323 g/mol. The summed E-state index contributed by atoms with van der Waals surface area (Å²) in [5.41, 5.74) is 0. The summed E-state index contributed by atoms with van der Waals surface area (Å²) >= 11 is 0. The number of aliphatic hydroxyl groups excluding tert-OH is 6. The molecule has 0 aromatic carbocycles. The van der Waals surface area contributed by atoms with Gasteiger partial charge in [0.1, 0.15) is 18.3 Å². The maximum Gasteiger partial charge on any atom is 0.466 e. The van der Waals surface area contributed by atoms with Crippen molar-refractivity contribution < 1.29 is 49.9 Å². The Balaban J connectivity index is 0. The second kappa shape index (κ2) is 11.5. The van der Waals surface area contributed by atoms with Gasteiger partial charge in [0.05, 0.1) is 19.3 Å². The van der Waals surface area contributed by atoms with E-state index in [0.717, 1.165) is 0 Å². The first-order valence-electron chi connectivity index (χ1n) is 5.47. The van der Waals surface area contributed by atoms with Gasteiger partial charge in [-0.3, -0.25) is 0 Å². The number of rotatable bonds is 8. The smallest absolute Gasteiger partial charge is 0.395 e. The molecule has 0 fully saturated rings. The van der Waals surface area contributed by atoms with Crippen LogP contribution in [0.4, 0.5) is 0 Å². The van der Waals surface area contributed by atoms with Crippen molar-refractivity contribution in [1.82, 2.24) is 5.32 Å². The van der Waals surface area contributed by atoms with Gasteiger partial charge in [-0.1, -0.05) is 0 Å². The van der Waals surface area contributed by atoms with Crippen molar-refractivity contribution in [3.63, 3.8) is 0 Å². The van der Waals surface area contributed by atoms with Crippen molar-refractivity contribution in [2.75, 3.05) is 26.3 Å². The Morgan fingerprint density at radius 3 is 1.65 bits per heavy atom. The fourth-order valence-electron chi connectivity index (χ4n) is 1.01. The zero-order valence-corrected chi connectivity index (χ0v) is 11.4. The molecule has 0 saturated carbocycles. The molecule has 12 heteroatoms. The average Bonchev–Trinajstić information content (AvgIpc) is 2.34. The molecule has 124 valence electrons. The first-order chi connectivity index (χ1) is 9.04. The monoisotopic (exact) mass is 323 g/mol. The van der Waals surface area contributed by atoms with E-state index in [2.05, 4.69) is 5.32 Å². The molecule has 0 aromatic heterocycles. The number of nitrogens with one attached hydrogen (secondary N) is 1. The Bertz CT molecular complexity index is 266. The Morgan fingerprint density at radius 1 is 0.900 bits per heavy atom. The topological polar surface area (TPSA) is 211 Å². The van der Waals surface area contributed by atoms with Gasteiger partial charge < -0.3 is 50.6 Å². The summed E-state index contributed by atoms with van der Waals surface area (Å²) < 4.78 is 8.88. The van der Waals surface area contributed by atoms with Crippen LogP contribution in [0.2, 0.25) is 0 Å². The molecule has 20 heavy (non-hydrogen) atoms. The van der Waals surface area contributed by atoms with Crippen LogP contribution >= 0.6 is 7.82 Å². The van der Waals surface area contributed by atoms with Crippen LogP contribution in [0, 0.1) is 0 Å². The molecule has 0 radical (unpaired) electrons. The van der Waals surface area contributed by atoms with E-state index in [4.69, 9.17) is 34.6 Å². The Hall–Kier alpha value is -0.170. The van der Waals surface area contributed by atoms with Crippen LogP contribution in [-0.2, 0) is 4.57 Å². The highest BCUT2D eigenvalue weighted by Crippen LogP contribution is 2.25. The Morgan fingerprint density at radius 2 is 1.30 bits per heavy atom. The third kappa shape index (κ3) is 14.2. The molecule has 0 aromatic rings. The summed E-state index contributed by atoms with van der Waals surface area (Å²) in [4.78, 5) is 21.6. The van der Waals surface area contributed by atoms with E-state index in [1.54, 1.807) is 0 Å². The van der Waals surface area contributed by atoms with Gasteiger partial charge in [-0.25, -0.2) is 4.57 Å². The minimum atomic E-state index is -4.64. The van der Waals surface area contributed by atoms with E-state index < -0.39 is 38.8 Å². The summed E-state index contributed by atoms with van der Waals surface area (Å²) in [6.45, 7) is -0.584. The normalized spacial score (nSPS) is 17.6. The lowest BCUT2D eigenvalue weighted by Gasteiger charge is -2.25. The zero-order valence-electron chi connectivity index (χ0n) is 10.5. The molecule has 11 nitrogen and oxygen atoms in total. The van der Waals surface area contributed by atoms with Gasteiger partial charge >= 0.3 is 7.82 Å². The molecule has 0 spiro atoms. The van der Waals surface area contributed by atoms with Crippen LogP contribution in [0.3, 0.4) is 0 Å². The summed E-state index contributed by atoms with van der Waals surface area (Å²) in [7, 11) is -4.64. The van der Waals surface area contributed by atoms with Crippen molar-refractivity contribution in [2.45, 2.75) is 24.4 Å². The molecule has 0 bridgehead atoms. The quantitative estimate of drug-likeness (QED) is 0.151. The first kappa shape index (κ1) is 22.1. The molecule has 0 saturated heterocycles. The van der Waals surface area contributed by atoms with Gasteiger partial charge in [-0.15, -0.1) is 0 Å². The van der Waals surface area contributed by atoms with E-state index in [9.17, 15) is 15.3 Å². The number of hydrogen-bond acceptors (Lipinski definition) is 8. The van der Waals surface area contributed by atoms with Crippen LogP contribution in [-0.4, -0.2) is 96.0 Å². The lowest BCUT2D eigenvalue weighted by Crippen LogP contribution is -2.49. The van der Waals surface area contributed by atoms with Crippen LogP contribution in [0.15, 0.2) is 0 Å². The Kier molecular flexibility index (Phi) is 12.7. The second-order valence-corrected chi connectivity index (χ2v) is 4.77. The predicted molar refractivity (Wildman–Crippen MR) is 65.3 cm³/mol. The fourth-order valence-corrected chi connectivity index (χ4v) is 1.01. The van der Waals surface area contributed by atoms with Crippen molar-refractivity contribution in [3.05, 3.63) is 0 Å². The van der Waals surface area contributed by atoms with E-state index in [-0.39, 0.29) is 19.7 Å². The van der Waals surface area contributed by atoms with Gasteiger partial charge in [-0.2, -0.15) is 0 Å². The SMILES string of the molecule is O=P(O)(O)O.OCCNC[C@H](O)[C@@H](O)[C@H](O)[C@H](O)CO. The van der Waals surface area contributed by atoms with Gasteiger partial charge in [0.25, 0.3) is 0 Å². The largest absolute Gasteiger partial charge is 0.466 e. The highest BCUT2D eigenvalue weighted by Gasteiger charge is 2.29. The molecule has 4 atom stereocenters. The molecule has 0 rings (SSSR count). The zero-order chi connectivity index (χ0) is 16.3. The van der Waals surface area contributed by atoms with Crippen molar-refractivity contribution in [2.24, 2.45) is 0 Å². The Labute approximate surface area is 115 Å². The third-order valence-electron chi connectivity index (χ3n) is 1.97. The third-order valence-corrected chi connectivity index (χ3v) is 1.97. The highest BCUT2D eigenvalue weighted by molar-refractivity contribution is 7.45. The second-order valence-electron chi connectivity index (χ2n) is 3.74. The van der Waals surface area contributed by atoms with Crippen molar-refractivity contribution >= 4 is 7.82 Å². The molecule has 0 aliphatic rings. The molecule has 0 aliphatic heterocycles. The first-order valence-corrected chi connectivity index (χ1v) is 7.04. The van der Waals surface area contributed by atoms with E-state index in [0.29, 0.717) is 0 Å². The van der Waals surface area contributed by atoms with E-state index in [1.807, 2.05) is 0 Å². The number of aliphatic hydroxyl groups is 6. The molecular formula is C8H22NO10P. The maximum absolute atomic E-state index is 9.31. The van der Waals surface area contributed by atoms with Crippen molar-refractivity contribution in [1.29, 1.82) is 0 Å². The number of hydrogen-bond donors (Lipinski definition) is 10. The molecule has 0 unspecified atom stereocenters. The summed E-state index contributed by atoms with van der Waals surface area (Å²) in [5.74, 6) is 0. The standard InChI is InChI=1S/C8H19NO6.H3O4P/c10-2-1-9-3-5(12)7(14)8(15)6(13)4-11;1-5(2,3)4/h5-15H,1-4H2;(H3,1,2,3,4)/t5-,6+,7+,8+;/m0./s1. The molecular weight excluding hydrogens is 301 g/mol. The van der Waals surface area contributed by atoms with Crippen molar-refractivity contribution in [3.8, 4) is 0 Å². The van der Waals surface area contributed by atoms with E-state index >= 15 is 0 Å². The van der Waals surface area contributed by atoms with Gasteiger partial charge in [0.15, 0.2) is 0 Å². The molecule has 10 N–H and O–H groups in total. The minimum Gasteiger partial charge on any atom is -0.395 e. The minimum absolute atomic E-state index is 0.0308. The fraction of sp³-hybridized carbons (Fsp3) is 1.00. The van der Waals surface area contributed by atoms with E-state index in [1.165, 1.54) is 0 Å². The number of phosphoric acid groups is 1. The summed E-state index contributed by atoms with van der Waals surface area (Å²) in [6, 6.07) is 0. The highest BCUT2D eigenvalue weighted by atomic mass is 31.2. The van der Waals surface area contributed by atoms with Gasteiger partial charge in [0.2, 0.25) is 0 Å². The molecule has 0 heterocycles. The van der Waals surface area contributed by atoms with Crippen LogP contribution in [0.25, 0.3) is 0 Å². The molecule has 0 amide bonds.